The monoisotopic (exact) mass is 302 g/mol. The van der Waals surface area contributed by atoms with Crippen molar-refractivity contribution in [2.75, 3.05) is 6.61 Å². The minimum absolute atomic E-state index is 0.332. The number of aliphatic hydroxyl groups excluding tert-OH is 4. The molecule has 1 fully saturated rings. The third-order valence-corrected chi connectivity index (χ3v) is 3.07. The number of nitro benzene ring substituents is 1. The number of ether oxygens (including phenoxy) is 2. The molecule has 0 amide bonds. The third kappa shape index (κ3) is 3.12. The Morgan fingerprint density at radius 2 is 2.05 bits per heavy atom. The molecule has 4 N–H and O–H groups in total. The van der Waals surface area contributed by atoms with Crippen LogP contribution < -0.4 is 4.74 Å². The number of aliphatic hydroxyl groups is 4. The van der Waals surface area contributed by atoms with Gasteiger partial charge in [0, 0.05) is 6.04 Å². The van der Waals surface area contributed by atoms with Crippen LogP contribution in [0.5, 0.6) is 5.75 Å². The maximum Gasteiger partial charge on any atom is 0.311 e. The van der Waals surface area contributed by atoms with E-state index in [2.05, 4.69) is 0 Å². The van der Waals surface area contributed by atoms with Crippen LogP contribution in [0.25, 0.3) is 0 Å². The highest BCUT2D eigenvalue weighted by molar-refractivity contribution is 5.45. The molecule has 116 valence electrons. The lowest BCUT2D eigenvalue weighted by atomic mass is 9.99. The Bertz CT molecular complexity index is 554. The summed E-state index contributed by atoms with van der Waals surface area (Å²) in [7, 11) is 0. The second kappa shape index (κ2) is 6.33. The molecule has 9 nitrogen and oxygen atoms in total. The van der Waals surface area contributed by atoms with Gasteiger partial charge in [0.25, 0.3) is 0 Å². The molecule has 1 aromatic carbocycles. The smallest absolute Gasteiger partial charge is 0.311 e. The minimum Gasteiger partial charge on any atom is -0.455 e. The maximum absolute atomic E-state index is 11.0. The topological polar surface area (TPSA) is 143 Å². The predicted octanol–water partition coefficient (Wildman–Crippen LogP) is -1.23. The summed E-state index contributed by atoms with van der Waals surface area (Å²) in [5.74, 6) is -0.332. The summed E-state index contributed by atoms with van der Waals surface area (Å²) in [4.78, 5) is 10.2. The second-order valence-electron chi connectivity index (χ2n) is 4.46. The van der Waals surface area contributed by atoms with Gasteiger partial charge in [-0.3, -0.25) is 10.1 Å². The van der Waals surface area contributed by atoms with Gasteiger partial charge in [-0.1, -0.05) is 12.1 Å². The fourth-order valence-electron chi connectivity index (χ4n) is 1.94. The van der Waals surface area contributed by atoms with Crippen molar-refractivity contribution in [3.63, 3.8) is 0 Å². The lowest BCUT2D eigenvalue weighted by molar-refractivity contribution is -0.387. The van der Waals surface area contributed by atoms with Gasteiger partial charge >= 0.3 is 5.69 Å². The van der Waals surface area contributed by atoms with Gasteiger partial charge in [-0.2, -0.15) is 0 Å². The van der Waals surface area contributed by atoms with Crippen LogP contribution in [0.3, 0.4) is 0 Å². The predicted molar refractivity (Wildman–Crippen MR) is 67.5 cm³/mol. The lowest BCUT2D eigenvalue weighted by Crippen LogP contribution is -2.60. The molecule has 1 heterocycles. The van der Waals surface area contributed by atoms with E-state index in [1.54, 1.807) is 0 Å². The van der Waals surface area contributed by atoms with Crippen molar-refractivity contribution in [1.82, 2.24) is 0 Å². The van der Waals surface area contributed by atoms with Crippen molar-refractivity contribution < 1.29 is 36.2 Å². The normalized spacial score (nSPS) is 33.3. The van der Waals surface area contributed by atoms with Crippen molar-refractivity contribution in [3.8, 4) is 5.75 Å². The quantitative estimate of drug-likeness (QED) is 0.400. The van der Waals surface area contributed by atoms with E-state index in [1.807, 2.05) is 0 Å². The number of hydrogen-bond donors (Lipinski definition) is 4. The van der Waals surface area contributed by atoms with E-state index in [0.717, 1.165) is 0 Å². The van der Waals surface area contributed by atoms with Crippen LogP contribution in [0.1, 0.15) is 1.37 Å². The molecule has 0 aromatic heterocycles. The van der Waals surface area contributed by atoms with Crippen LogP contribution in [-0.2, 0) is 4.74 Å². The molecular formula is C12H15NO8. The van der Waals surface area contributed by atoms with E-state index in [9.17, 15) is 25.4 Å². The number of benzene rings is 1. The van der Waals surface area contributed by atoms with Gasteiger partial charge < -0.3 is 29.9 Å². The number of para-hydroxylation sites is 2. The summed E-state index contributed by atoms with van der Waals surface area (Å²) in [5, 5.41) is 49.1. The van der Waals surface area contributed by atoms with Crippen molar-refractivity contribution >= 4 is 5.69 Å². The Hall–Kier alpha value is -1.78. The van der Waals surface area contributed by atoms with Crippen LogP contribution in [0, 0.1) is 10.1 Å². The van der Waals surface area contributed by atoms with Gasteiger partial charge in [0.15, 0.2) is 5.75 Å². The second-order valence-corrected chi connectivity index (χ2v) is 4.46. The van der Waals surface area contributed by atoms with E-state index in [-0.39, 0.29) is 5.75 Å². The highest BCUT2D eigenvalue weighted by Gasteiger charge is 2.45. The number of rotatable bonds is 4. The molecule has 0 bridgehead atoms. The van der Waals surface area contributed by atoms with Gasteiger partial charge in [-0.05, 0) is 6.07 Å². The first-order valence-electron chi connectivity index (χ1n) is 6.58. The van der Waals surface area contributed by atoms with E-state index in [4.69, 9.17) is 16.0 Å². The van der Waals surface area contributed by atoms with Gasteiger partial charge in [-0.15, -0.1) is 0 Å². The minimum atomic E-state index is -1.69. The van der Waals surface area contributed by atoms with Crippen molar-refractivity contribution in [3.05, 3.63) is 34.4 Å². The molecule has 5 atom stereocenters. The van der Waals surface area contributed by atoms with E-state index < -0.39 is 54.0 Å². The molecule has 0 radical (unpaired) electrons. The Labute approximate surface area is 120 Å². The fraction of sp³-hybridized carbons (Fsp3) is 0.500. The van der Waals surface area contributed by atoms with Crippen molar-refractivity contribution in [2.24, 2.45) is 0 Å². The standard InChI is InChI=1S/C12H15NO8/c14-5-8-9(15)10(16)11(17)12(21-8)20-7-4-2-1-3-6(7)13(18)19/h1-4,8-12,14-17H,5H2/t8-,9+,10+,11-,12?/m1/s1/i3D. The highest BCUT2D eigenvalue weighted by Crippen LogP contribution is 2.30. The zero-order chi connectivity index (χ0) is 16.4. The summed E-state index contributed by atoms with van der Waals surface area (Å²) in [6.07, 6.45) is -7.64. The Kier molecular flexibility index (Phi) is 4.27. The molecule has 2 rings (SSSR count). The van der Waals surface area contributed by atoms with Gasteiger partial charge in [-0.25, -0.2) is 0 Å². The molecule has 1 unspecified atom stereocenters. The molecule has 0 aliphatic carbocycles. The summed E-state index contributed by atoms with van der Waals surface area (Å²) < 4.78 is 17.8. The number of nitro groups is 1. The zero-order valence-corrected chi connectivity index (χ0v) is 10.7. The zero-order valence-electron chi connectivity index (χ0n) is 11.7. The van der Waals surface area contributed by atoms with Crippen molar-refractivity contribution in [2.45, 2.75) is 30.7 Å². The van der Waals surface area contributed by atoms with Crippen LogP contribution in [0.2, 0.25) is 0 Å². The third-order valence-electron chi connectivity index (χ3n) is 3.07. The van der Waals surface area contributed by atoms with E-state index >= 15 is 0 Å². The van der Waals surface area contributed by atoms with Gasteiger partial charge in [0.1, 0.15) is 24.4 Å². The number of hydrogen-bond acceptors (Lipinski definition) is 8. The Morgan fingerprint density at radius 1 is 1.33 bits per heavy atom. The first-order chi connectivity index (χ1) is 10.4. The fourth-order valence-corrected chi connectivity index (χ4v) is 1.94. The van der Waals surface area contributed by atoms with Crippen LogP contribution in [0.15, 0.2) is 24.2 Å². The lowest BCUT2D eigenvalue weighted by Gasteiger charge is -2.39. The molecule has 1 saturated heterocycles. The first kappa shape index (κ1) is 14.2. The highest BCUT2D eigenvalue weighted by atomic mass is 16.7. The molecule has 1 aromatic rings. The average Bonchev–Trinajstić information content (AvgIpc) is 2.47. The van der Waals surface area contributed by atoms with E-state index in [1.165, 1.54) is 18.2 Å². The molecule has 0 spiro atoms. The molecule has 21 heavy (non-hydrogen) atoms. The molecular weight excluding hydrogens is 286 g/mol. The maximum atomic E-state index is 11.0. The van der Waals surface area contributed by atoms with Gasteiger partial charge in [0.05, 0.1) is 12.9 Å². The van der Waals surface area contributed by atoms with E-state index in [0.29, 0.717) is 0 Å². The first-order valence-corrected chi connectivity index (χ1v) is 6.08. The average molecular weight is 302 g/mol. The SMILES string of the molecule is [2H]c1cccc(OC2O[C@H](CO)[C@H](O)[C@H](O)[C@H]2O)c1[N+](=O)[O-]. The van der Waals surface area contributed by atoms with Crippen LogP contribution in [0.4, 0.5) is 5.69 Å². The Balaban J connectivity index is 2.27. The van der Waals surface area contributed by atoms with Crippen LogP contribution in [-0.4, -0.2) is 62.7 Å². The largest absolute Gasteiger partial charge is 0.455 e. The number of nitrogens with zero attached hydrogens (tertiary/aromatic N) is 1. The molecule has 0 saturated carbocycles. The summed E-state index contributed by atoms with van der Waals surface area (Å²) in [6.45, 7) is -0.647. The summed E-state index contributed by atoms with van der Waals surface area (Å²) in [5.41, 5.74) is -0.625. The molecule has 1 aliphatic rings. The Morgan fingerprint density at radius 3 is 2.67 bits per heavy atom. The molecule has 9 heteroatoms. The van der Waals surface area contributed by atoms with Crippen molar-refractivity contribution in [1.29, 1.82) is 0 Å². The molecule has 1 aliphatic heterocycles. The van der Waals surface area contributed by atoms with Gasteiger partial charge in [0.2, 0.25) is 6.29 Å². The summed E-state index contributed by atoms with van der Waals surface area (Å²) in [6, 6.07) is 3.34. The summed E-state index contributed by atoms with van der Waals surface area (Å²) >= 11 is 0. The van der Waals surface area contributed by atoms with Crippen LogP contribution >= 0.6 is 0 Å².